The van der Waals surface area contributed by atoms with Crippen molar-refractivity contribution in [3.05, 3.63) is 53.6 Å². The van der Waals surface area contributed by atoms with Crippen molar-refractivity contribution >= 4 is 6.03 Å². The van der Waals surface area contributed by atoms with Crippen molar-refractivity contribution in [2.24, 2.45) is 0 Å². The number of hydrogen-bond acceptors (Lipinski definition) is 5. The molecule has 7 nitrogen and oxygen atoms in total. The molecule has 2 aromatic rings. The van der Waals surface area contributed by atoms with Gasteiger partial charge in [0.15, 0.2) is 0 Å². The van der Waals surface area contributed by atoms with Gasteiger partial charge in [0.05, 0.1) is 25.4 Å². The van der Waals surface area contributed by atoms with E-state index in [-0.39, 0.29) is 12.1 Å². The molecule has 0 bridgehead atoms. The standard InChI is InChI=1S/C18H25N5O2/c1-13-19-10-9-14(22-13)11-20-18(24)21-12-16(23(2)3)15-7-5-6-8-17(15)25-4/h5-10,16H,11-12H2,1-4H3,(H2,20,21,24). The van der Waals surface area contributed by atoms with E-state index in [1.54, 1.807) is 19.4 Å². The lowest BCUT2D eigenvalue weighted by atomic mass is 10.0. The van der Waals surface area contributed by atoms with E-state index in [1.807, 2.05) is 50.2 Å². The molecule has 0 aliphatic heterocycles. The molecule has 1 atom stereocenters. The molecule has 0 saturated heterocycles. The second kappa shape index (κ2) is 8.98. The minimum Gasteiger partial charge on any atom is -0.496 e. The van der Waals surface area contributed by atoms with Crippen molar-refractivity contribution in [2.75, 3.05) is 27.7 Å². The number of nitrogens with zero attached hydrogens (tertiary/aromatic N) is 3. The predicted molar refractivity (Wildman–Crippen MR) is 96.4 cm³/mol. The lowest BCUT2D eigenvalue weighted by molar-refractivity contribution is 0.231. The maximum Gasteiger partial charge on any atom is 0.315 e. The fourth-order valence-corrected chi connectivity index (χ4v) is 2.54. The largest absolute Gasteiger partial charge is 0.496 e. The van der Waals surface area contributed by atoms with Crippen LogP contribution in [-0.2, 0) is 6.54 Å². The van der Waals surface area contributed by atoms with Gasteiger partial charge in [-0.1, -0.05) is 18.2 Å². The summed E-state index contributed by atoms with van der Waals surface area (Å²) >= 11 is 0. The van der Waals surface area contributed by atoms with Crippen molar-refractivity contribution in [3.63, 3.8) is 0 Å². The average Bonchev–Trinajstić information content (AvgIpc) is 2.60. The summed E-state index contributed by atoms with van der Waals surface area (Å²) in [5.41, 5.74) is 1.80. The molecule has 0 spiro atoms. The van der Waals surface area contributed by atoms with Crippen LogP contribution in [0.3, 0.4) is 0 Å². The summed E-state index contributed by atoms with van der Waals surface area (Å²) in [6, 6.07) is 9.37. The topological polar surface area (TPSA) is 79.4 Å². The number of aromatic nitrogens is 2. The zero-order valence-electron chi connectivity index (χ0n) is 15.1. The van der Waals surface area contributed by atoms with Gasteiger partial charge in [0.2, 0.25) is 0 Å². The number of methoxy groups -OCH3 is 1. The van der Waals surface area contributed by atoms with Gasteiger partial charge < -0.3 is 20.3 Å². The fraction of sp³-hybridized carbons (Fsp3) is 0.389. The molecule has 0 saturated carbocycles. The minimum atomic E-state index is -0.238. The molecule has 0 aliphatic rings. The monoisotopic (exact) mass is 343 g/mol. The molecule has 2 N–H and O–H groups in total. The Kier molecular flexibility index (Phi) is 6.71. The van der Waals surface area contributed by atoms with Gasteiger partial charge in [-0.05, 0) is 33.2 Å². The smallest absolute Gasteiger partial charge is 0.315 e. The third-order valence-corrected chi connectivity index (χ3v) is 3.84. The summed E-state index contributed by atoms with van der Waals surface area (Å²) in [6.07, 6.45) is 1.68. The van der Waals surface area contributed by atoms with Crippen LogP contribution >= 0.6 is 0 Å². The number of benzene rings is 1. The Morgan fingerprint density at radius 2 is 2.00 bits per heavy atom. The summed E-state index contributed by atoms with van der Waals surface area (Å²) in [6.45, 7) is 2.64. The van der Waals surface area contributed by atoms with Gasteiger partial charge in [0.25, 0.3) is 0 Å². The first-order valence-corrected chi connectivity index (χ1v) is 8.11. The van der Waals surface area contributed by atoms with Gasteiger partial charge in [-0.15, -0.1) is 0 Å². The SMILES string of the molecule is COc1ccccc1C(CNC(=O)NCc1ccnc(C)n1)N(C)C. The maximum atomic E-state index is 12.1. The number of carbonyl (C=O) groups excluding carboxylic acids is 1. The molecule has 0 radical (unpaired) electrons. The van der Waals surface area contributed by atoms with Crippen molar-refractivity contribution in [3.8, 4) is 5.75 Å². The lowest BCUT2D eigenvalue weighted by Gasteiger charge is -2.26. The third kappa shape index (κ3) is 5.42. The van der Waals surface area contributed by atoms with Crippen molar-refractivity contribution in [1.29, 1.82) is 0 Å². The molecule has 2 rings (SSSR count). The average molecular weight is 343 g/mol. The number of hydrogen-bond donors (Lipinski definition) is 2. The van der Waals surface area contributed by atoms with Crippen LogP contribution in [0, 0.1) is 6.92 Å². The van der Waals surface area contributed by atoms with Crippen LogP contribution in [0.2, 0.25) is 0 Å². The van der Waals surface area contributed by atoms with Crippen molar-refractivity contribution in [1.82, 2.24) is 25.5 Å². The third-order valence-electron chi connectivity index (χ3n) is 3.84. The molecular weight excluding hydrogens is 318 g/mol. The zero-order valence-corrected chi connectivity index (χ0v) is 15.1. The number of rotatable bonds is 7. The minimum absolute atomic E-state index is 0.00296. The van der Waals surface area contributed by atoms with E-state index in [2.05, 4.69) is 20.6 Å². The number of nitrogens with one attached hydrogen (secondary N) is 2. The fourth-order valence-electron chi connectivity index (χ4n) is 2.54. The van der Waals surface area contributed by atoms with E-state index in [0.29, 0.717) is 18.9 Å². The first-order chi connectivity index (χ1) is 12.0. The van der Waals surface area contributed by atoms with Gasteiger partial charge in [0, 0.05) is 18.3 Å². The van der Waals surface area contributed by atoms with Gasteiger partial charge >= 0.3 is 6.03 Å². The molecule has 0 fully saturated rings. The van der Waals surface area contributed by atoms with E-state index < -0.39 is 0 Å². The van der Waals surface area contributed by atoms with Crippen LogP contribution in [0.1, 0.15) is 23.1 Å². The molecule has 1 aromatic heterocycles. The van der Waals surface area contributed by atoms with Crippen molar-refractivity contribution < 1.29 is 9.53 Å². The van der Waals surface area contributed by atoms with Crippen molar-refractivity contribution in [2.45, 2.75) is 19.5 Å². The van der Waals surface area contributed by atoms with E-state index in [1.165, 1.54) is 0 Å². The molecule has 1 heterocycles. The van der Waals surface area contributed by atoms with E-state index >= 15 is 0 Å². The molecule has 1 aromatic carbocycles. The Hall–Kier alpha value is -2.67. The molecular formula is C18H25N5O2. The zero-order chi connectivity index (χ0) is 18.2. The molecule has 0 aliphatic carbocycles. The van der Waals surface area contributed by atoms with E-state index in [4.69, 9.17) is 4.74 Å². The number of carbonyl (C=O) groups is 1. The lowest BCUT2D eigenvalue weighted by Crippen LogP contribution is -2.40. The summed E-state index contributed by atoms with van der Waals surface area (Å²) in [7, 11) is 5.59. The highest BCUT2D eigenvalue weighted by molar-refractivity contribution is 5.73. The predicted octanol–water partition coefficient (Wildman–Crippen LogP) is 1.90. The molecule has 1 unspecified atom stereocenters. The Morgan fingerprint density at radius 3 is 2.68 bits per heavy atom. The highest BCUT2D eigenvalue weighted by atomic mass is 16.5. The summed E-state index contributed by atoms with van der Waals surface area (Å²) in [5, 5.41) is 5.72. The second-order valence-corrected chi connectivity index (χ2v) is 5.88. The Labute approximate surface area is 148 Å². The quantitative estimate of drug-likeness (QED) is 0.803. The van der Waals surface area contributed by atoms with Gasteiger partial charge in [-0.25, -0.2) is 14.8 Å². The number of para-hydroxylation sites is 1. The number of aryl methyl sites for hydroxylation is 1. The van der Waals surface area contributed by atoms with Crippen LogP contribution in [-0.4, -0.2) is 48.6 Å². The van der Waals surface area contributed by atoms with Crippen LogP contribution in [0.5, 0.6) is 5.75 Å². The van der Waals surface area contributed by atoms with Crippen LogP contribution < -0.4 is 15.4 Å². The molecule has 2 amide bonds. The number of ether oxygens (including phenoxy) is 1. The first-order valence-electron chi connectivity index (χ1n) is 8.11. The molecule has 134 valence electrons. The number of amides is 2. The number of urea groups is 1. The van der Waals surface area contributed by atoms with Gasteiger partial charge in [-0.2, -0.15) is 0 Å². The Bertz CT molecular complexity index is 705. The molecule has 7 heteroatoms. The van der Waals surface area contributed by atoms with Crippen LogP contribution in [0.4, 0.5) is 4.79 Å². The molecule has 25 heavy (non-hydrogen) atoms. The normalized spacial score (nSPS) is 11.9. The maximum absolute atomic E-state index is 12.1. The highest BCUT2D eigenvalue weighted by Crippen LogP contribution is 2.27. The number of likely N-dealkylation sites (N-methyl/N-ethyl adjacent to an activating group) is 1. The van der Waals surface area contributed by atoms with E-state index in [9.17, 15) is 4.79 Å². The Balaban J connectivity index is 1.93. The Morgan fingerprint density at radius 1 is 1.24 bits per heavy atom. The van der Waals surface area contributed by atoms with Gasteiger partial charge in [0.1, 0.15) is 11.6 Å². The summed E-state index contributed by atoms with van der Waals surface area (Å²) in [5.74, 6) is 1.49. The second-order valence-electron chi connectivity index (χ2n) is 5.88. The summed E-state index contributed by atoms with van der Waals surface area (Å²) in [4.78, 5) is 22.4. The highest BCUT2D eigenvalue weighted by Gasteiger charge is 2.18. The van der Waals surface area contributed by atoms with Gasteiger partial charge in [-0.3, -0.25) is 0 Å². The van der Waals surface area contributed by atoms with Crippen LogP contribution in [0.25, 0.3) is 0 Å². The first kappa shape index (κ1) is 18.7. The van der Waals surface area contributed by atoms with Crippen LogP contribution in [0.15, 0.2) is 36.5 Å². The van der Waals surface area contributed by atoms with E-state index in [0.717, 1.165) is 17.0 Å². The summed E-state index contributed by atoms with van der Waals surface area (Å²) < 4.78 is 5.43.